The minimum atomic E-state index is -1.45. The fraction of sp³-hybridized carbons (Fsp3) is 0.154. The molecule has 1 aromatic rings. The first-order valence-corrected chi connectivity index (χ1v) is 5.92. The van der Waals surface area contributed by atoms with E-state index in [4.69, 9.17) is 17.3 Å². The molecule has 19 heavy (non-hydrogen) atoms. The Morgan fingerprint density at radius 3 is 2.58 bits per heavy atom. The molecule has 98 valence electrons. The maximum absolute atomic E-state index is 12.3. The smallest absolute Gasteiger partial charge is 0.266 e. The van der Waals surface area contributed by atoms with Crippen LogP contribution in [0.3, 0.4) is 0 Å². The Hall–Kier alpha value is -1.98. The number of hydrogen-bond acceptors (Lipinski definition) is 4. The molecule has 2 N–H and O–H groups in total. The third kappa shape index (κ3) is 2.72. The van der Waals surface area contributed by atoms with Gasteiger partial charge in [0.2, 0.25) is 0 Å². The van der Waals surface area contributed by atoms with E-state index in [0.717, 1.165) is 0 Å². The summed E-state index contributed by atoms with van der Waals surface area (Å²) in [5.74, 6) is -1.32. The van der Waals surface area contributed by atoms with Gasteiger partial charge >= 0.3 is 0 Å². The van der Waals surface area contributed by atoms with Crippen molar-refractivity contribution in [1.29, 1.82) is 0 Å². The summed E-state index contributed by atoms with van der Waals surface area (Å²) in [7, 11) is 0. The van der Waals surface area contributed by atoms with Gasteiger partial charge in [0.15, 0.2) is 5.78 Å². The van der Waals surface area contributed by atoms with Crippen LogP contribution < -0.4 is 5.73 Å². The van der Waals surface area contributed by atoms with Crippen LogP contribution in [0.4, 0.5) is 0 Å². The molecular weight excluding hydrogens is 268 g/mol. The van der Waals surface area contributed by atoms with Crippen LogP contribution in [0, 0.1) is 16.0 Å². The summed E-state index contributed by atoms with van der Waals surface area (Å²) in [6.07, 6.45) is 3.68. The normalized spacial score (nSPS) is 25.8. The third-order valence-corrected chi connectivity index (χ3v) is 3.24. The predicted octanol–water partition coefficient (Wildman–Crippen LogP) is 2.11. The highest BCUT2D eigenvalue weighted by Crippen LogP contribution is 2.31. The number of hydrogen-bond donors (Lipinski definition) is 1. The van der Waals surface area contributed by atoms with Crippen LogP contribution in [0.5, 0.6) is 0 Å². The molecule has 0 amide bonds. The van der Waals surface area contributed by atoms with Crippen molar-refractivity contribution in [2.75, 3.05) is 0 Å². The summed E-state index contributed by atoms with van der Waals surface area (Å²) >= 11 is 6.06. The van der Waals surface area contributed by atoms with Crippen molar-refractivity contribution in [2.24, 2.45) is 11.7 Å². The van der Waals surface area contributed by atoms with E-state index >= 15 is 0 Å². The van der Waals surface area contributed by atoms with Crippen molar-refractivity contribution in [1.82, 2.24) is 0 Å². The topological polar surface area (TPSA) is 86.2 Å². The first-order valence-electron chi connectivity index (χ1n) is 5.54. The number of halogens is 1. The van der Waals surface area contributed by atoms with E-state index in [9.17, 15) is 14.9 Å². The van der Waals surface area contributed by atoms with Gasteiger partial charge < -0.3 is 5.73 Å². The van der Waals surface area contributed by atoms with Gasteiger partial charge in [0, 0.05) is 17.7 Å². The van der Waals surface area contributed by atoms with Crippen LogP contribution in [0.2, 0.25) is 0 Å². The molecule has 0 bridgehead atoms. The van der Waals surface area contributed by atoms with E-state index in [0.29, 0.717) is 5.56 Å². The van der Waals surface area contributed by atoms with Gasteiger partial charge in [-0.2, -0.15) is 0 Å². The Kier molecular flexibility index (Phi) is 3.50. The third-order valence-electron chi connectivity index (χ3n) is 2.88. The average Bonchev–Trinajstić information content (AvgIpc) is 2.38. The van der Waals surface area contributed by atoms with Crippen LogP contribution in [0.15, 0.2) is 54.3 Å². The zero-order valence-corrected chi connectivity index (χ0v) is 10.6. The molecule has 0 aromatic heterocycles. The fourth-order valence-corrected chi connectivity index (χ4v) is 2.08. The summed E-state index contributed by atoms with van der Waals surface area (Å²) in [6, 6.07) is 8.42. The van der Waals surface area contributed by atoms with Crippen LogP contribution >= 0.6 is 11.6 Å². The molecule has 0 unspecified atom stereocenters. The molecule has 0 heterocycles. The summed E-state index contributed by atoms with van der Waals surface area (Å²) in [5.41, 5.74) is 6.04. The Balaban J connectivity index is 2.39. The lowest BCUT2D eigenvalue weighted by Crippen LogP contribution is -2.44. The number of alkyl halides is 1. The maximum Gasteiger partial charge on any atom is 0.266 e. The Morgan fingerprint density at radius 2 is 2.00 bits per heavy atom. The van der Waals surface area contributed by atoms with Crippen molar-refractivity contribution in [3.05, 3.63) is 69.9 Å². The highest BCUT2D eigenvalue weighted by molar-refractivity contribution is 6.27. The molecule has 0 fully saturated rings. The van der Waals surface area contributed by atoms with Gasteiger partial charge in [-0.3, -0.25) is 14.9 Å². The standard InChI is InChI=1S/C13H11ClN2O3/c14-13(15)7-6-10(16(18)19)8-11(13)12(17)9-4-2-1-3-5-9/h1-8,11H,15H2/t11-,13+/m1/s1. The van der Waals surface area contributed by atoms with Crippen LogP contribution in [-0.2, 0) is 0 Å². The van der Waals surface area contributed by atoms with Gasteiger partial charge in [0.05, 0.1) is 10.8 Å². The van der Waals surface area contributed by atoms with E-state index in [-0.39, 0.29) is 11.5 Å². The lowest BCUT2D eigenvalue weighted by atomic mass is 9.87. The lowest BCUT2D eigenvalue weighted by molar-refractivity contribution is -0.419. The molecule has 1 aliphatic carbocycles. The van der Waals surface area contributed by atoms with Crippen molar-refractivity contribution >= 4 is 17.4 Å². The van der Waals surface area contributed by atoms with Crippen molar-refractivity contribution in [3.8, 4) is 0 Å². The molecule has 0 radical (unpaired) electrons. The van der Waals surface area contributed by atoms with Gasteiger partial charge in [-0.25, -0.2) is 0 Å². The van der Waals surface area contributed by atoms with Crippen LogP contribution in [-0.4, -0.2) is 15.7 Å². The van der Waals surface area contributed by atoms with Gasteiger partial charge in [0.1, 0.15) is 5.00 Å². The van der Waals surface area contributed by atoms with Gasteiger partial charge in [-0.15, -0.1) is 0 Å². The second-order valence-electron chi connectivity index (χ2n) is 4.22. The van der Waals surface area contributed by atoms with E-state index < -0.39 is 15.8 Å². The van der Waals surface area contributed by atoms with E-state index in [1.807, 2.05) is 0 Å². The van der Waals surface area contributed by atoms with Crippen molar-refractivity contribution in [2.45, 2.75) is 5.00 Å². The number of benzene rings is 1. The molecule has 2 rings (SSSR count). The number of allylic oxidation sites excluding steroid dienone is 1. The summed E-state index contributed by atoms with van der Waals surface area (Å²) in [4.78, 5) is 21.1. The fourth-order valence-electron chi connectivity index (χ4n) is 1.85. The second kappa shape index (κ2) is 4.95. The second-order valence-corrected chi connectivity index (χ2v) is 4.87. The molecule has 6 heteroatoms. The molecule has 0 saturated heterocycles. The van der Waals surface area contributed by atoms with E-state index in [1.54, 1.807) is 30.3 Å². The Labute approximate surface area is 114 Å². The number of nitrogens with two attached hydrogens (primary N) is 1. The molecule has 0 spiro atoms. The first kappa shape index (κ1) is 13.5. The number of carbonyl (C=O) groups excluding carboxylic acids is 1. The summed E-state index contributed by atoms with van der Waals surface area (Å²) in [6.45, 7) is 0. The average molecular weight is 279 g/mol. The minimum Gasteiger partial charge on any atom is -0.309 e. The minimum absolute atomic E-state index is 0.184. The SMILES string of the molecule is N[C@@]1(Cl)C=CC([N+](=O)[O-])=C[C@@H]1C(=O)c1ccccc1. The summed E-state index contributed by atoms with van der Waals surface area (Å²) < 4.78 is 0. The zero-order chi connectivity index (χ0) is 14.0. The number of nitro groups is 1. The molecule has 0 saturated carbocycles. The number of ketones is 1. The highest BCUT2D eigenvalue weighted by atomic mass is 35.5. The summed E-state index contributed by atoms with van der Waals surface area (Å²) in [5, 5.41) is 10.8. The molecule has 1 aromatic carbocycles. The first-order chi connectivity index (χ1) is 8.92. The Bertz CT molecular complexity index is 579. The predicted molar refractivity (Wildman–Crippen MR) is 71.3 cm³/mol. The highest BCUT2D eigenvalue weighted by Gasteiger charge is 2.39. The van der Waals surface area contributed by atoms with Crippen LogP contribution in [0.25, 0.3) is 0 Å². The lowest BCUT2D eigenvalue weighted by Gasteiger charge is -2.27. The van der Waals surface area contributed by atoms with Crippen LogP contribution in [0.1, 0.15) is 10.4 Å². The molecule has 2 atom stereocenters. The Morgan fingerprint density at radius 1 is 1.37 bits per heavy atom. The van der Waals surface area contributed by atoms with E-state index in [1.165, 1.54) is 18.2 Å². The zero-order valence-electron chi connectivity index (χ0n) is 9.82. The molecular formula is C13H11ClN2O3. The maximum atomic E-state index is 12.3. The van der Waals surface area contributed by atoms with Crippen molar-refractivity contribution < 1.29 is 9.72 Å². The monoisotopic (exact) mass is 278 g/mol. The number of rotatable bonds is 3. The largest absolute Gasteiger partial charge is 0.309 e. The molecule has 0 aliphatic heterocycles. The van der Waals surface area contributed by atoms with Crippen molar-refractivity contribution in [3.63, 3.8) is 0 Å². The molecule has 5 nitrogen and oxygen atoms in total. The van der Waals surface area contributed by atoms with Gasteiger partial charge in [0.25, 0.3) is 5.70 Å². The van der Waals surface area contributed by atoms with Gasteiger partial charge in [-0.1, -0.05) is 41.9 Å². The number of carbonyl (C=O) groups is 1. The quantitative estimate of drug-likeness (QED) is 0.302. The number of Topliss-reactive ketones (excluding diaryl/α,β-unsaturated/α-hetero) is 1. The van der Waals surface area contributed by atoms with E-state index in [2.05, 4.69) is 0 Å². The number of nitrogens with zero attached hydrogens (tertiary/aromatic N) is 1. The van der Waals surface area contributed by atoms with Gasteiger partial charge in [-0.05, 0) is 6.08 Å². The molecule has 1 aliphatic rings.